The van der Waals surface area contributed by atoms with Crippen LogP contribution in [-0.4, -0.2) is 0 Å². The second-order valence-electron chi connectivity index (χ2n) is 4.40. The quantitative estimate of drug-likeness (QED) is 0.514. The predicted molar refractivity (Wildman–Crippen MR) is 48.1 cm³/mol. The van der Waals surface area contributed by atoms with Crippen molar-refractivity contribution >= 4 is 0 Å². The normalized spacial score (nSPS) is 13.4. The summed E-state index contributed by atoms with van der Waals surface area (Å²) in [6, 6.07) is 0. The van der Waals surface area contributed by atoms with Gasteiger partial charge in [-0.2, -0.15) is 0 Å². The third-order valence-electron chi connectivity index (χ3n) is 1.23. The van der Waals surface area contributed by atoms with Crippen LogP contribution in [0.2, 0.25) is 0 Å². The van der Waals surface area contributed by atoms with Crippen LogP contribution in [0.25, 0.3) is 0 Å². The van der Waals surface area contributed by atoms with E-state index in [9.17, 15) is 0 Å². The molecular formula is C10H20. The Morgan fingerprint density at radius 2 is 1.70 bits per heavy atom. The molecule has 0 rings (SSSR count). The summed E-state index contributed by atoms with van der Waals surface area (Å²) in [6.45, 7) is 11.2. The Hall–Kier alpha value is -0.260. The van der Waals surface area contributed by atoms with E-state index in [0.717, 1.165) is 5.92 Å². The van der Waals surface area contributed by atoms with Crippen molar-refractivity contribution in [1.82, 2.24) is 0 Å². The third-order valence-corrected chi connectivity index (χ3v) is 1.23. The maximum atomic E-state index is 2.28. The molecule has 0 heteroatoms. The van der Waals surface area contributed by atoms with Gasteiger partial charge in [-0.3, -0.25) is 0 Å². The van der Waals surface area contributed by atoms with Gasteiger partial charge in [0.1, 0.15) is 0 Å². The van der Waals surface area contributed by atoms with Crippen molar-refractivity contribution in [3.05, 3.63) is 12.2 Å². The van der Waals surface area contributed by atoms with Gasteiger partial charge in [-0.05, 0) is 17.8 Å². The molecule has 0 saturated carbocycles. The summed E-state index contributed by atoms with van der Waals surface area (Å²) in [5.41, 5.74) is 0.356. The fourth-order valence-electron chi connectivity index (χ4n) is 0.694. The van der Waals surface area contributed by atoms with Crippen LogP contribution in [-0.2, 0) is 0 Å². The molecule has 0 nitrogen and oxygen atoms in total. The number of allylic oxidation sites excluding steroid dienone is 2. The summed E-state index contributed by atoms with van der Waals surface area (Å²) in [5, 5.41) is 0. The van der Waals surface area contributed by atoms with E-state index < -0.39 is 0 Å². The lowest BCUT2D eigenvalue weighted by Crippen LogP contribution is -1.98. The topological polar surface area (TPSA) is 0 Å². The molecule has 0 atom stereocenters. The van der Waals surface area contributed by atoms with Crippen LogP contribution >= 0.6 is 0 Å². The van der Waals surface area contributed by atoms with E-state index in [4.69, 9.17) is 0 Å². The summed E-state index contributed by atoms with van der Waals surface area (Å²) < 4.78 is 0. The molecule has 0 aliphatic heterocycles. The SMILES string of the molecule is CC(C)C/C=C/C(C)(C)C. The summed E-state index contributed by atoms with van der Waals surface area (Å²) in [6.07, 6.45) is 5.77. The molecule has 0 unspecified atom stereocenters. The predicted octanol–water partition coefficient (Wildman–Crippen LogP) is 3.63. The van der Waals surface area contributed by atoms with E-state index in [1.807, 2.05) is 0 Å². The van der Waals surface area contributed by atoms with E-state index in [-0.39, 0.29) is 0 Å². The molecule has 0 fully saturated rings. The van der Waals surface area contributed by atoms with Gasteiger partial charge in [0.25, 0.3) is 0 Å². The van der Waals surface area contributed by atoms with Crippen LogP contribution in [0, 0.1) is 11.3 Å². The molecule has 0 radical (unpaired) electrons. The molecule has 60 valence electrons. The first-order valence-corrected chi connectivity index (χ1v) is 4.09. The molecule has 0 aliphatic rings. The highest BCUT2D eigenvalue weighted by atomic mass is 14.1. The summed E-state index contributed by atoms with van der Waals surface area (Å²) in [5.74, 6) is 0.790. The average molecular weight is 140 g/mol. The number of hydrogen-bond acceptors (Lipinski definition) is 0. The molecule has 0 aromatic heterocycles. The summed E-state index contributed by atoms with van der Waals surface area (Å²) in [4.78, 5) is 0. The highest BCUT2D eigenvalue weighted by Gasteiger charge is 2.02. The van der Waals surface area contributed by atoms with Gasteiger partial charge < -0.3 is 0 Å². The molecule has 0 amide bonds. The monoisotopic (exact) mass is 140 g/mol. The number of hydrogen-bond donors (Lipinski definition) is 0. The van der Waals surface area contributed by atoms with Crippen LogP contribution in [0.3, 0.4) is 0 Å². The molecule has 0 saturated heterocycles. The zero-order valence-electron chi connectivity index (χ0n) is 7.94. The van der Waals surface area contributed by atoms with Crippen molar-refractivity contribution in [2.75, 3.05) is 0 Å². The van der Waals surface area contributed by atoms with Crippen LogP contribution < -0.4 is 0 Å². The van der Waals surface area contributed by atoms with Crippen molar-refractivity contribution in [2.45, 2.75) is 41.0 Å². The Morgan fingerprint density at radius 3 is 2.00 bits per heavy atom. The van der Waals surface area contributed by atoms with Crippen molar-refractivity contribution in [3.63, 3.8) is 0 Å². The Bertz CT molecular complexity index is 102. The highest BCUT2D eigenvalue weighted by Crippen LogP contribution is 2.15. The fraction of sp³-hybridized carbons (Fsp3) is 0.800. The number of rotatable bonds is 2. The fourth-order valence-corrected chi connectivity index (χ4v) is 0.694. The first-order valence-electron chi connectivity index (χ1n) is 4.09. The van der Waals surface area contributed by atoms with E-state index >= 15 is 0 Å². The Balaban J connectivity index is 3.57. The lowest BCUT2D eigenvalue weighted by Gasteiger charge is -2.11. The summed E-state index contributed by atoms with van der Waals surface area (Å²) in [7, 11) is 0. The molecular weight excluding hydrogens is 120 g/mol. The summed E-state index contributed by atoms with van der Waals surface area (Å²) >= 11 is 0. The highest BCUT2D eigenvalue weighted by molar-refractivity contribution is 4.92. The second kappa shape index (κ2) is 3.80. The lowest BCUT2D eigenvalue weighted by molar-refractivity contribution is 0.538. The van der Waals surface area contributed by atoms with Gasteiger partial charge >= 0.3 is 0 Å². The van der Waals surface area contributed by atoms with Crippen molar-refractivity contribution < 1.29 is 0 Å². The van der Waals surface area contributed by atoms with Crippen molar-refractivity contribution in [3.8, 4) is 0 Å². The van der Waals surface area contributed by atoms with E-state index in [1.165, 1.54) is 6.42 Å². The van der Waals surface area contributed by atoms with Gasteiger partial charge in [0.2, 0.25) is 0 Å². The maximum Gasteiger partial charge on any atom is -0.0203 e. The zero-order chi connectivity index (χ0) is 8.20. The smallest absolute Gasteiger partial charge is 0.0203 e. The average Bonchev–Trinajstić information content (AvgIpc) is 1.59. The van der Waals surface area contributed by atoms with Gasteiger partial charge in [-0.15, -0.1) is 0 Å². The van der Waals surface area contributed by atoms with Gasteiger partial charge in [0, 0.05) is 0 Å². The maximum absolute atomic E-state index is 2.28. The Labute approximate surface area is 65.3 Å². The van der Waals surface area contributed by atoms with Crippen LogP contribution in [0.15, 0.2) is 12.2 Å². The molecule has 0 N–H and O–H groups in total. The first kappa shape index (κ1) is 9.74. The minimum Gasteiger partial charge on any atom is -0.0878 e. The molecule has 0 heterocycles. The van der Waals surface area contributed by atoms with Gasteiger partial charge in [0.05, 0.1) is 0 Å². The molecule has 0 aromatic rings. The third kappa shape index (κ3) is 7.74. The minimum atomic E-state index is 0.356. The van der Waals surface area contributed by atoms with Crippen molar-refractivity contribution in [2.24, 2.45) is 11.3 Å². The lowest BCUT2D eigenvalue weighted by atomic mass is 9.95. The van der Waals surface area contributed by atoms with E-state index in [0.29, 0.717) is 5.41 Å². The van der Waals surface area contributed by atoms with E-state index in [1.54, 1.807) is 0 Å². The van der Waals surface area contributed by atoms with Gasteiger partial charge in [0.15, 0.2) is 0 Å². The molecule has 0 spiro atoms. The Kier molecular flexibility index (Phi) is 3.70. The second-order valence-corrected chi connectivity index (χ2v) is 4.40. The molecule has 0 aromatic carbocycles. The van der Waals surface area contributed by atoms with E-state index in [2.05, 4.69) is 46.8 Å². The first-order chi connectivity index (χ1) is 4.42. The van der Waals surface area contributed by atoms with Crippen LogP contribution in [0.4, 0.5) is 0 Å². The molecule has 0 bridgehead atoms. The molecule has 0 aliphatic carbocycles. The van der Waals surface area contributed by atoms with Crippen molar-refractivity contribution in [1.29, 1.82) is 0 Å². The minimum absolute atomic E-state index is 0.356. The Morgan fingerprint density at radius 1 is 1.20 bits per heavy atom. The molecule has 10 heavy (non-hydrogen) atoms. The van der Waals surface area contributed by atoms with Crippen LogP contribution in [0.1, 0.15) is 41.0 Å². The standard InChI is InChI=1S/C10H20/c1-9(2)7-6-8-10(3,4)5/h6,8-9H,7H2,1-5H3/b8-6+. The largest absolute Gasteiger partial charge is 0.0878 e. The zero-order valence-corrected chi connectivity index (χ0v) is 7.94. The van der Waals surface area contributed by atoms with Crippen LogP contribution in [0.5, 0.6) is 0 Å². The van der Waals surface area contributed by atoms with Gasteiger partial charge in [-0.25, -0.2) is 0 Å². The van der Waals surface area contributed by atoms with Gasteiger partial charge in [-0.1, -0.05) is 46.8 Å².